The summed E-state index contributed by atoms with van der Waals surface area (Å²) in [5, 5.41) is 0.951. The Morgan fingerprint density at radius 2 is 2.04 bits per heavy atom. The van der Waals surface area contributed by atoms with Gasteiger partial charge in [0, 0.05) is 51.1 Å². The second kappa shape index (κ2) is 8.82. The molecule has 0 aliphatic carbocycles. The fourth-order valence-corrected chi connectivity index (χ4v) is 3.04. The number of nitrogens with zero attached hydrogens (tertiary/aromatic N) is 5. The lowest BCUT2D eigenvalue weighted by Crippen LogP contribution is -2.41. The van der Waals surface area contributed by atoms with E-state index in [0.29, 0.717) is 12.2 Å². The predicted octanol–water partition coefficient (Wildman–Crippen LogP) is 0.243. The molecule has 0 unspecified atom stereocenters. The van der Waals surface area contributed by atoms with Crippen molar-refractivity contribution in [2.75, 3.05) is 46.9 Å². The van der Waals surface area contributed by atoms with Crippen molar-refractivity contribution < 1.29 is 9.53 Å². The van der Waals surface area contributed by atoms with Gasteiger partial charge in [-0.25, -0.2) is 14.3 Å². The number of nitrogens with two attached hydrogens (primary N) is 1. The van der Waals surface area contributed by atoms with Crippen LogP contribution in [-0.2, 0) is 4.79 Å². The van der Waals surface area contributed by atoms with Crippen LogP contribution in [0.3, 0.4) is 0 Å². The van der Waals surface area contributed by atoms with E-state index < -0.39 is 0 Å². The number of likely N-dealkylation sites (N-methyl/N-ethyl adjacent to an activating group) is 1. The van der Waals surface area contributed by atoms with Crippen LogP contribution < -0.4 is 10.5 Å². The molecule has 0 bridgehead atoms. The lowest BCUT2D eigenvalue weighted by molar-refractivity contribution is -0.106. The minimum Gasteiger partial charge on any atom is -0.480 e. The van der Waals surface area contributed by atoms with Crippen molar-refractivity contribution in [2.45, 2.75) is 0 Å². The number of aromatic nitrogens is 3. The summed E-state index contributed by atoms with van der Waals surface area (Å²) in [6.07, 6.45) is 4.22. The zero-order valence-electron chi connectivity index (χ0n) is 13.4. The summed E-state index contributed by atoms with van der Waals surface area (Å²) in [5.74, 6) is 0.628. The highest BCUT2D eigenvalue weighted by Gasteiger charge is 2.17. The zero-order chi connectivity index (χ0) is 16.7. The smallest absolute Gasteiger partial charge is 0.225 e. The van der Waals surface area contributed by atoms with E-state index in [9.17, 15) is 0 Å². The molecule has 23 heavy (non-hydrogen) atoms. The van der Waals surface area contributed by atoms with Gasteiger partial charge in [0.1, 0.15) is 12.6 Å². The second-order valence-electron chi connectivity index (χ2n) is 4.98. The van der Waals surface area contributed by atoms with Crippen LogP contribution in [0.1, 0.15) is 0 Å². The summed E-state index contributed by atoms with van der Waals surface area (Å²) in [6, 6.07) is 2.00. The normalized spacial score (nSPS) is 16.0. The average molecular weight is 338 g/mol. The van der Waals surface area contributed by atoms with Crippen LogP contribution in [-0.4, -0.2) is 76.3 Å². The number of methoxy groups -OCH3 is 1. The number of hydrogen-bond donors (Lipinski definition) is 1. The van der Waals surface area contributed by atoms with E-state index in [0.717, 1.165) is 37.2 Å². The third-order valence-corrected chi connectivity index (χ3v) is 4.43. The van der Waals surface area contributed by atoms with E-state index in [1.54, 1.807) is 25.6 Å². The monoisotopic (exact) mass is 338 g/mol. The van der Waals surface area contributed by atoms with Crippen molar-refractivity contribution in [2.24, 2.45) is 5.73 Å². The molecule has 0 amide bonds. The van der Waals surface area contributed by atoms with Crippen LogP contribution in [0.15, 0.2) is 18.6 Å². The van der Waals surface area contributed by atoms with E-state index in [2.05, 4.69) is 35.9 Å². The topological polar surface area (TPSA) is 89.5 Å². The highest BCUT2D eigenvalue weighted by Crippen LogP contribution is 2.26. The molecule has 3 heterocycles. The molecule has 2 aromatic heterocycles. The Kier molecular flexibility index (Phi) is 6.78. The summed E-state index contributed by atoms with van der Waals surface area (Å²) in [6.45, 7) is 4.46. The molecule has 9 heteroatoms. The summed E-state index contributed by atoms with van der Waals surface area (Å²) < 4.78 is 9.68. The quantitative estimate of drug-likeness (QED) is 0.626. The molecule has 8 nitrogen and oxygen atoms in total. The Hall–Kier alpha value is -1.68. The van der Waals surface area contributed by atoms with Gasteiger partial charge in [-0.2, -0.15) is 0 Å². The van der Waals surface area contributed by atoms with Crippen LogP contribution in [0.4, 0.5) is 0 Å². The second-order valence-corrected chi connectivity index (χ2v) is 6.05. The molecule has 3 rings (SSSR count). The fourth-order valence-electron chi connectivity index (χ4n) is 2.13. The molecule has 2 N–H and O–H groups in total. The summed E-state index contributed by atoms with van der Waals surface area (Å²) in [7, 11) is 3.79. The van der Waals surface area contributed by atoms with Gasteiger partial charge < -0.3 is 20.2 Å². The third kappa shape index (κ3) is 4.64. The van der Waals surface area contributed by atoms with Crippen molar-refractivity contribution in [3.8, 4) is 5.88 Å². The number of piperazine rings is 1. The molecule has 1 fully saturated rings. The van der Waals surface area contributed by atoms with Gasteiger partial charge in [-0.1, -0.05) is 0 Å². The minimum atomic E-state index is 0.139. The van der Waals surface area contributed by atoms with E-state index in [-0.39, 0.29) is 6.54 Å². The predicted molar refractivity (Wildman–Crippen MR) is 91.3 cm³/mol. The molecule has 2 aromatic rings. The van der Waals surface area contributed by atoms with Crippen LogP contribution in [0.2, 0.25) is 0 Å². The fraction of sp³-hybridized carbons (Fsp3) is 0.500. The van der Waals surface area contributed by atoms with E-state index in [1.807, 2.05) is 12.3 Å². The van der Waals surface area contributed by atoms with Gasteiger partial charge in [-0.15, -0.1) is 0 Å². The Morgan fingerprint density at radius 1 is 1.35 bits per heavy atom. The van der Waals surface area contributed by atoms with Crippen LogP contribution >= 0.6 is 12.1 Å². The molecule has 0 spiro atoms. The lowest BCUT2D eigenvalue weighted by atomic mass is 10.4. The largest absolute Gasteiger partial charge is 0.480 e. The molecular weight excluding hydrogens is 316 g/mol. The van der Waals surface area contributed by atoms with E-state index in [4.69, 9.17) is 9.53 Å². The molecule has 1 saturated heterocycles. The number of carbonyl (C=O) groups is 1. The molecule has 1 aliphatic rings. The molecular formula is C14H22N6O2S. The number of aldehydes is 1. The van der Waals surface area contributed by atoms with Gasteiger partial charge in [0.25, 0.3) is 0 Å². The van der Waals surface area contributed by atoms with Crippen molar-refractivity contribution in [3.63, 3.8) is 0 Å². The van der Waals surface area contributed by atoms with Crippen LogP contribution in [0.25, 0.3) is 11.0 Å². The van der Waals surface area contributed by atoms with Crippen molar-refractivity contribution in [1.29, 1.82) is 0 Å². The molecule has 0 saturated carbocycles. The Bertz CT molecular complexity index is 627. The SMILES string of the molecule is COc1ncnc2c1ccn2SN1CCN(C)CC1.NCC=O. The third-order valence-electron chi connectivity index (χ3n) is 3.37. The average Bonchev–Trinajstić information content (AvgIpc) is 3.00. The first-order valence-electron chi connectivity index (χ1n) is 7.31. The van der Waals surface area contributed by atoms with Crippen molar-refractivity contribution in [1.82, 2.24) is 23.1 Å². The maximum atomic E-state index is 9.05. The number of rotatable bonds is 4. The van der Waals surface area contributed by atoms with Gasteiger partial charge in [0.15, 0.2) is 5.65 Å². The molecule has 0 aromatic carbocycles. The maximum Gasteiger partial charge on any atom is 0.225 e. The van der Waals surface area contributed by atoms with Gasteiger partial charge in [0.05, 0.1) is 12.5 Å². The maximum absolute atomic E-state index is 9.05. The minimum absolute atomic E-state index is 0.139. The Labute approximate surface area is 139 Å². The van der Waals surface area contributed by atoms with E-state index >= 15 is 0 Å². The first-order valence-corrected chi connectivity index (χ1v) is 8.04. The number of fused-ring (bicyclic) bond motifs is 1. The number of ether oxygens (including phenoxy) is 1. The highest BCUT2D eigenvalue weighted by atomic mass is 32.2. The zero-order valence-corrected chi connectivity index (χ0v) is 14.2. The molecule has 0 radical (unpaired) electrons. The van der Waals surface area contributed by atoms with Gasteiger partial charge in [0.2, 0.25) is 5.88 Å². The number of carbonyl (C=O) groups excluding carboxylic acids is 1. The van der Waals surface area contributed by atoms with Gasteiger partial charge in [-0.3, -0.25) is 3.97 Å². The van der Waals surface area contributed by atoms with Crippen molar-refractivity contribution >= 4 is 29.5 Å². The van der Waals surface area contributed by atoms with Gasteiger partial charge in [-0.05, 0) is 13.1 Å². The van der Waals surface area contributed by atoms with Gasteiger partial charge >= 0.3 is 0 Å². The Morgan fingerprint density at radius 3 is 2.65 bits per heavy atom. The summed E-state index contributed by atoms with van der Waals surface area (Å²) in [4.78, 5) is 19.9. The summed E-state index contributed by atoms with van der Waals surface area (Å²) in [5.41, 5.74) is 5.56. The van der Waals surface area contributed by atoms with Crippen LogP contribution in [0, 0.1) is 0 Å². The standard InChI is InChI=1S/C12H17N5OS.C2H5NO/c1-15-5-7-16(8-6-15)19-17-4-3-10-11(17)13-9-14-12(10)18-2;3-1-2-4/h3-4,9H,5-8H2,1-2H3;2H,1,3H2. The molecule has 126 valence electrons. The van der Waals surface area contributed by atoms with Crippen LogP contribution in [0.5, 0.6) is 5.88 Å². The lowest BCUT2D eigenvalue weighted by Gasteiger charge is -2.31. The first-order chi connectivity index (χ1) is 11.2. The Balaban J connectivity index is 0.000000433. The highest BCUT2D eigenvalue weighted by molar-refractivity contribution is 7.95. The van der Waals surface area contributed by atoms with Crippen molar-refractivity contribution in [3.05, 3.63) is 18.6 Å². The first kappa shape index (κ1) is 17.7. The molecule has 1 aliphatic heterocycles. The van der Waals surface area contributed by atoms with E-state index in [1.165, 1.54) is 0 Å². The number of hydrogen-bond acceptors (Lipinski definition) is 8. The summed E-state index contributed by atoms with van der Waals surface area (Å²) >= 11 is 1.70. The molecule has 0 atom stereocenters.